The van der Waals surface area contributed by atoms with Crippen LogP contribution in [0.3, 0.4) is 0 Å². The SMILES string of the molecule is CC(C)(C)CC(=O)NCc1cn(-c2ccccc2)nc1-c1ccc(F)cc1. The van der Waals surface area contributed by atoms with E-state index in [9.17, 15) is 9.18 Å². The van der Waals surface area contributed by atoms with Gasteiger partial charge in [-0.15, -0.1) is 0 Å². The van der Waals surface area contributed by atoms with Gasteiger partial charge >= 0.3 is 0 Å². The van der Waals surface area contributed by atoms with Crippen molar-refractivity contribution in [2.24, 2.45) is 5.41 Å². The van der Waals surface area contributed by atoms with Gasteiger partial charge < -0.3 is 5.32 Å². The third-order valence-electron chi connectivity index (χ3n) is 4.10. The molecule has 3 rings (SSSR count). The Morgan fingerprint density at radius 2 is 1.74 bits per heavy atom. The molecule has 0 saturated heterocycles. The van der Waals surface area contributed by atoms with Gasteiger partial charge in [-0.05, 0) is 41.8 Å². The van der Waals surface area contributed by atoms with Crippen LogP contribution in [-0.2, 0) is 11.3 Å². The largest absolute Gasteiger partial charge is 0.352 e. The lowest BCUT2D eigenvalue weighted by Crippen LogP contribution is -2.27. The number of aromatic nitrogens is 2. The molecule has 0 aliphatic heterocycles. The Balaban J connectivity index is 1.89. The number of nitrogens with zero attached hydrogens (tertiary/aromatic N) is 2. The topological polar surface area (TPSA) is 46.9 Å². The van der Waals surface area contributed by atoms with Crippen molar-refractivity contribution in [1.82, 2.24) is 15.1 Å². The van der Waals surface area contributed by atoms with E-state index >= 15 is 0 Å². The van der Waals surface area contributed by atoms with Crippen LogP contribution in [0.25, 0.3) is 16.9 Å². The van der Waals surface area contributed by atoms with Crippen molar-refractivity contribution in [3.63, 3.8) is 0 Å². The second-order valence-electron chi connectivity index (χ2n) is 7.80. The number of hydrogen-bond acceptors (Lipinski definition) is 2. The lowest BCUT2D eigenvalue weighted by atomic mass is 9.92. The molecule has 1 aromatic heterocycles. The molecule has 3 aromatic rings. The molecule has 1 N–H and O–H groups in total. The molecule has 1 heterocycles. The number of rotatable bonds is 5. The second kappa shape index (κ2) is 7.74. The summed E-state index contributed by atoms with van der Waals surface area (Å²) in [5.41, 5.74) is 3.28. The predicted molar refractivity (Wildman–Crippen MR) is 105 cm³/mol. The standard InChI is InChI=1S/C22H24FN3O/c1-22(2,3)13-20(27)24-14-17-15-26(19-7-5-4-6-8-19)25-21(17)16-9-11-18(23)12-10-16/h4-12,15H,13-14H2,1-3H3,(H,24,27). The number of para-hydroxylation sites is 1. The zero-order chi connectivity index (χ0) is 19.4. The summed E-state index contributed by atoms with van der Waals surface area (Å²) in [5.74, 6) is -0.290. The molecule has 0 spiro atoms. The summed E-state index contributed by atoms with van der Waals surface area (Å²) in [6.07, 6.45) is 2.36. The van der Waals surface area contributed by atoms with Gasteiger partial charge in [0.05, 0.1) is 11.4 Å². The van der Waals surface area contributed by atoms with Crippen LogP contribution in [0.5, 0.6) is 0 Å². The molecule has 4 nitrogen and oxygen atoms in total. The van der Waals surface area contributed by atoms with Crippen molar-refractivity contribution >= 4 is 5.91 Å². The number of benzene rings is 2. The zero-order valence-electron chi connectivity index (χ0n) is 15.9. The molecule has 5 heteroatoms. The monoisotopic (exact) mass is 365 g/mol. The van der Waals surface area contributed by atoms with Crippen molar-refractivity contribution in [2.75, 3.05) is 0 Å². The number of carbonyl (C=O) groups excluding carboxylic acids is 1. The van der Waals surface area contributed by atoms with Crippen LogP contribution in [0.2, 0.25) is 0 Å². The Morgan fingerprint density at radius 3 is 2.37 bits per heavy atom. The smallest absolute Gasteiger partial charge is 0.220 e. The number of carbonyl (C=O) groups is 1. The highest BCUT2D eigenvalue weighted by Crippen LogP contribution is 2.24. The van der Waals surface area contributed by atoms with E-state index in [2.05, 4.69) is 10.4 Å². The highest BCUT2D eigenvalue weighted by atomic mass is 19.1. The van der Waals surface area contributed by atoms with Gasteiger partial charge in [0, 0.05) is 30.3 Å². The van der Waals surface area contributed by atoms with Gasteiger partial charge in [0.1, 0.15) is 5.82 Å². The summed E-state index contributed by atoms with van der Waals surface area (Å²) >= 11 is 0. The number of hydrogen-bond donors (Lipinski definition) is 1. The van der Waals surface area contributed by atoms with Crippen molar-refractivity contribution < 1.29 is 9.18 Å². The van der Waals surface area contributed by atoms with Gasteiger partial charge in [0.15, 0.2) is 0 Å². The zero-order valence-corrected chi connectivity index (χ0v) is 15.9. The van der Waals surface area contributed by atoms with Gasteiger partial charge in [-0.3, -0.25) is 4.79 Å². The van der Waals surface area contributed by atoms with Crippen LogP contribution in [0, 0.1) is 11.2 Å². The van der Waals surface area contributed by atoms with E-state index in [4.69, 9.17) is 0 Å². The Morgan fingerprint density at radius 1 is 1.07 bits per heavy atom. The number of amides is 1. The number of halogens is 1. The minimum absolute atomic E-state index is 0.0000160. The first-order chi connectivity index (χ1) is 12.8. The lowest BCUT2D eigenvalue weighted by molar-refractivity contribution is -0.122. The van der Waals surface area contributed by atoms with Crippen molar-refractivity contribution in [3.05, 3.63) is 72.2 Å². The maximum atomic E-state index is 13.3. The summed E-state index contributed by atoms with van der Waals surface area (Å²) < 4.78 is 15.1. The minimum Gasteiger partial charge on any atom is -0.352 e. The summed E-state index contributed by atoms with van der Waals surface area (Å²) in [6.45, 7) is 6.46. The van der Waals surface area contributed by atoms with Gasteiger partial charge in [-0.25, -0.2) is 9.07 Å². The molecule has 0 aliphatic rings. The summed E-state index contributed by atoms with van der Waals surface area (Å²) in [4.78, 5) is 12.2. The van der Waals surface area contributed by atoms with Crippen LogP contribution in [-0.4, -0.2) is 15.7 Å². The van der Waals surface area contributed by atoms with Gasteiger partial charge in [0.25, 0.3) is 0 Å². The molecule has 0 saturated carbocycles. The molecule has 0 radical (unpaired) electrons. The molecule has 0 bridgehead atoms. The first-order valence-electron chi connectivity index (χ1n) is 8.98. The van der Waals surface area contributed by atoms with Crippen molar-refractivity contribution in [1.29, 1.82) is 0 Å². The fraction of sp³-hybridized carbons (Fsp3) is 0.273. The highest BCUT2D eigenvalue weighted by molar-refractivity contribution is 5.77. The molecular weight excluding hydrogens is 341 g/mol. The van der Waals surface area contributed by atoms with Crippen LogP contribution in [0.1, 0.15) is 32.8 Å². The minimum atomic E-state index is -0.290. The lowest BCUT2D eigenvalue weighted by Gasteiger charge is -2.17. The van der Waals surface area contributed by atoms with Crippen LogP contribution in [0.4, 0.5) is 4.39 Å². The van der Waals surface area contributed by atoms with Crippen molar-refractivity contribution in [3.8, 4) is 16.9 Å². The fourth-order valence-corrected chi connectivity index (χ4v) is 2.84. The number of nitrogens with one attached hydrogen (secondary N) is 1. The second-order valence-corrected chi connectivity index (χ2v) is 7.80. The summed E-state index contributed by atoms with van der Waals surface area (Å²) in [7, 11) is 0. The molecule has 140 valence electrons. The Bertz CT molecular complexity index is 909. The van der Waals surface area contributed by atoms with Crippen LogP contribution in [0.15, 0.2) is 60.8 Å². The Hall–Kier alpha value is -2.95. The van der Waals surface area contributed by atoms with Crippen molar-refractivity contribution in [2.45, 2.75) is 33.7 Å². The normalized spacial score (nSPS) is 11.4. The maximum Gasteiger partial charge on any atom is 0.220 e. The molecule has 2 aromatic carbocycles. The first kappa shape index (κ1) is 18.8. The molecule has 0 fully saturated rings. The van der Waals surface area contributed by atoms with Crippen LogP contribution < -0.4 is 5.32 Å². The van der Waals surface area contributed by atoms with Gasteiger partial charge in [-0.1, -0.05) is 39.0 Å². The highest BCUT2D eigenvalue weighted by Gasteiger charge is 2.17. The molecule has 0 atom stereocenters. The first-order valence-corrected chi connectivity index (χ1v) is 8.98. The van der Waals surface area contributed by atoms with Gasteiger partial charge in [-0.2, -0.15) is 5.10 Å². The van der Waals surface area contributed by atoms with E-state index in [1.807, 2.05) is 57.3 Å². The molecule has 0 aliphatic carbocycles. The average Bonchev–Trinajstić information content (AvgIpc) is 3.04. The average molecular weight is 365 g/mol. The van der Waals surface area contributed by atoms with E-state index in [0.29, 0.717) is 13.0 Å². The Kier molecular flexibility index (Phi) is 5.40. The fourth-order valence-electron chi connectivity index (χ4n) is 2.84. The van der Waals surface area contributed by atoms with E-state index in [-0.39, 0.29) is 17.1 Å². The summed E-state index contributed by atoms with van der Waals surface area (Å²) in [5, 5.41) is 7.65. The van der Waals surface area contributed by atoms with Crippen LogP contribution >= 0.6 is 0 Å². The third-order valence-corrected chi connectivity index (χ3v) is 4.10. The van der Waals surface area contributed by atoms with E-state index in [1.165, 1.54) is 12.1 Å². The summed E-state index contributed by atoms with van der Waals surface area (Å²) in [6, 6.07) is 16.0. The molecule has 0 unspecified atom stereocenters. The molecule has 1 amide bonds. The maximum absolute atomic E-state index is 13.3. The molecular formula is C22H24FN3O. The third kappa shape index (κ3) is 5.03. The van der Waals surface area contributed by atoms with E-state index in [1.54, 1.807) is 16.8 Å². The quantitative estimate of drug-likeness (QED) is 0.710. The van der Waals surface area contributed by atoms with E-state index in [0.717, 1.165) is 22.5 Å². The molecule has 27 heavy (non-hydrogen) atoms. The van der Waals surface area contributed by atoms with E-state index < -0.39 is 0 Å². The predicted octanol–water partition coefficient (Wildman–Crippen LogP) is 4.73. The Labute approximate surface area is 159 Å². The van der Waals surface area contributed by atoms with Gasteiger partial charge in [0.2, 0.25) is 5.91 Å².